The smallest absolute Gasteiger partial charge is 0.0622 e. The van der Waals surface area contributed by atoms with E-state index < -0.39 is 6.04 Å². The standard InChI is InChI=1S/C51H42/c1-5-33-26-34(6-2)41-23-21-37(29-39(41)27-33)38-22-25-43-42-24-20-36(32(3)4)28-40(42)31-49(48(43)30-38)51-46-18-12-10-16-44(46)50(35-14-8-7-9-15-35)45-17-11-13-19-47(45)51/h7-32H,5-6H2,1-4H3/i7D,8D,9D,14D,15D. The summed E-state index contributed by atoms with van der Waals surface area (Å²) in [7, 11) is 0. The molecule has 0 radical (unpaired) electrons. The Morgan fingerprint density at radius 3 is 1.73 bits per heavy atom. The van der Waals surface area contributed by atoms with E-state index >= 15 is 0 Å². The van der Waals surface area contributed by atoms with E-state index in [1.54, 1.807) is 0 Å². The van der Waals surface area contributed by atoms with Crippen molar-refractivity contribution in [2.45, 2.75) is 46.5 Å². The van der Waals surface area contributed by atoms with Crippen LogP contribution in [0, 0.1) is 0 Å². The van der Waals surface area contributed by atoms with Gasteiger partial charge in [0.05, 0.1) is 6.85 Å². The molecule has 0 aromatic heterocycles. The Kier molecular flexibility index (Phi) is 6.43. The molecule has 0 unspecified atom stereocenters. The summed E-state index contributed by atoms with van der Waals surface area (Å²) in [4.78, 5) is 0. The number of hydrogen-bond acceptors (Lipinski definition) is 0. The van der Waals surface area contributed by atoms with E-state index in [0.717, 1.165) is 56.5 Å². The summed E-state index contributed by atoms with van der Waals surface area (Å²) in [5, 5.41) is 10.8. The second kappa shape index (κ2) is 12.6. The highest BCUT2D eigenvalue weighted by Gasteiger charge is 2.20. The van der Waals surface area contributed by atoms with Gasteiger partial charge in [-0.3, -0.25) is 0 Å². The molecule has 0 spiro atoms. The normalized spacial score (nSPS) is 13.2. The Labute approximate surface area is 308 Å². The van der Waals surface area contributed by atoms with Gasteiger partial charge in [-0.2, -0.15) is 0 Å². The highest BCUT2D eigenvalue weighted by molar-refractivity contribution is 6.26. The summed E-state index contributed by atoms with van der Waals surface area (Å²) in [6.45, 7) is 8.90. The predicted molar refractivity (Wildman–Crippen MR) is 223 cm³/mol. The number of hydrogen-bond donors (Lipinski definition) is 0. The van der Waals surface area contributed by atoms with Crippen molar-refractivity contribution in [1.82, 2.24) is 0 Å². The first-order valence-electron chi connectivity index (χ1n) is 20.7. The molecule has 0 nitrogen and oxygen atoms in total. The highest BCUT2D eigenvalue weighted by Crippen LogP contribution is 2.47. The van der Waals surface area contributed by atoms with Crippen molar-refractivity contribution >= 4 is 53.9 Å². The lowest BCUT2D eigenvalue weighted by Gasteiger charge is -2.20. The van der Waals surface area contributed by atoms with Crippen LogP contribution in [0.3, 0.4) is 0 Å². The Balaban J connectivity index is 1.40. The largest absolute Gasteiger partial charge is 0.0629 e. The van der Waals surface area contributed by atoms with Gasteiger partial charge < -0.3 is 0 Å². The maximum absolute atomic E-state index is 9.02. The maximum Gasteiger partial charge on any atom is 0.0629 e. The van der Waals surface area contributed by atoms with Gasteiger partial charge in [-0.05, 0) is 141 Å². The van der Waals surface area contributed by atoms with Gasteiger partial charge in [-0.25, -0.2) is 0 Å². The van der Waals surface area contributed by atoms with Crippen LogP contribution in [0.2, 0.25) is 0 Å². The van der Waals surface area contributed by atoms with Crippen molar-refractivity contribution in [3.63, 3.8) is 0 Å². The molecule has 0 N–H and O–H groups in total. The van der Waals surface area contributed by atoms with Gasteiger partial charge in [0.25, 0.3) is 0 Å². The molecule has 9 rings (SSSR count). The first-order valence-corrected chi connectivity index (χ1v) is 18.2. The van der Waals surface area contributed by atoms with Gasteiger partial charge in [0.15, 0.2) is 0 Å². The van der Waals surface area contributed by atoms with Crippen molar-refractivity contribution in [2.75, 3.05) is 0 Å². The maximum atomic E-state index is 9.02. The SMILES string of the molecule is [2H]c1c([2H])c([2H])c(-c2c3ccccc3c(-c3cc4cc(C(C)C)ccc4c4ccc(-c5ccc6c(CC)cc(CC)cc6c5)cc34)c3ccccc23)c([2H])c1[2H]. The van der Waals surface area contributed by atoms with Crippen molar-refractivity contribution in [3.8, 4) is 33.4 Å². The molecule has 0 saturated heterocycles. The second-order valence-electron chi connectivity index (χ2n) is 14.1. The number of fused-ring (bicyclic) bond motifs is 6. The first-order chi connectivity index (χ1) is 27.1. The van der Waals surface area contributed by atoms with Crippen LogP contribution >= 0.6 is 0 Å². The fourth-order valence-electron chi connectivity index (χ4n) is 8.18. The Bertz CT molecular complexity index is 3000. The van der Waals surface area contributed by atoms with E-state index in [9.17, 15) is 0 Å². The lowest BCUT2D eigenvalue weighted by atomic mass is 9.83. The topological polar surface area (TPSA) is 0 Å². The van der Waals surface area contributed by atoms with Gasteiger partial charge in [0.1, 0.15) is 0 Å². The number of rotatable bonds is 6. The molecule has 0 aliphatic rings. The minimum absolute atomic E-state index is 0.200. The Hall–Kier alpha value is -5.72. The molecule has 0 heterocycles. The molecule has 0 saturated carbocycles. The zero-order valence-corrected chi connectivity index (χ0v) is 29.5. The van der Waals surface area contributed by atoms with Crippen LogP contribution in [0.4, 0.5) is 0 Å². The monoisotopic (exact) mass is 659 g/mol. The van der Waals surface area contributed by atoms with Crippen LogP contribution in [0.1, 0.15) is 57.2 Å². The molecule has 0 bridgehead atoms. The summed E-state index contributed by atoms with van der Waals surface area (Å²) in [6.07, 6.45) is 1.99. The number of aryl methyl sites for hydroxylation is 2. The molecule has 0 amide bonds. The zero-order valence-electron chi connectivity index (χ0n) is 34.5. The molecule has 0 aliphatic heterocycles. The molecule has 0 fully saturated rings. The third-order valence-corrected chi connectivity index (χ3v) is 10.8. The van der Waals surface area contributed by atoms with Crippen LogP contribution in [0.5, 0.6) is 0 Å². The second-order valence-corrected chi connectivity index (χ2v) is 14.1. The summed E-state index contributed by atoms with van der Waals surface area (Å²) in [6, 6.07) is 42.4. The summed E-state index contributed by atoms with van der Waals surface area (Å²) in [5.74, 6) is 0.369. The van der Waals surface area contributed by atoms with E-state index in [4.69, 9.17) is 6.85 Å². The van der Waals surface area contributed by atoms with Crippen molar-refractivity contribution < 1.29 is 6.85 Å². The molecule has 0 aliphatic carbocycles. The highest BCUT2D eigenvalue weighted by atomic mass is 14.2. The molecular formula is C51H42. The van der Waals surface area contributed by atoms with E-state index in [1.165, 1.54) is 49.2 Å². The van der Waals surface area contributed by atoms with E-state index in [-0.39, 0.29) is 29.7 Å². The minimum Gasteiger partial charge on any atom is -0.0622 e. The van der Waals surface area contributed by atoms with Crippen LogP contribution in [-0.2, 0) is 12.8 Å². The molecule has 246 valence electrons. The number of benzene rings is 9. The van der Waals surface area contributed by atoms with Crippen molar-refractivity contribution in [2.24, 2.45) is 0 Å². The summed E-state index contributed by atoms with van der Waals surface area (Å²) < 4.78 is 43.5. The molecule has 51 heavy (non-hydrogen) atoms. The lowest BCUT2D eigenvalue weighted by molar-refractivity contribution is 0.869. The zero-order chi connectivity index (χ0) is 39.0. The predicted octanol–water partition coefficient (Wildman–Crippen LogP) is 14.7. The fraction of sp³-hybridized carbons (Fsp3) is 0.137. The molecule has 9 aromatic carbocycles. The van der Waals surface area contributed by atoms with Crippen molar-refractivity contribution in [3.05, 3.63) is 168 Å². The van der Waals surface area contributed by atoms with Crippen LogP contribution in [0.15, 0.2) is 152 Å². The van der Waals surface area contributed by atoms with Crippen LogP contribution in [-0.4, -0.2) is 0 Å². The van der Waals surface area contributed by atoms with Crippen LogP contribution in [0.25, 0.3) is 87.2 Å². The quantitative estimate of drug-likeness (QED) is 0.123. The Morgan fingerprint density at radius 2 is 1.08 bits per heavy atom. The fourth-order valence-corrected chi connectivity index (χ4v) is 8.18. The summed E-state index contributed by atoms with van der Waals surface area (Å²) >= 11 is 0. The first kappa shape index (κ1) is 26.1. The van der Waals surface area contributed by atoms with Gasteiger partial charge in [-0.1, -0.05) is 161 Å². The van der Waals surface area contributed by atoms with Gasteiger partial charge >= 0.3 is 0 Å². The lowest BCUT2D eigenvalue weighted by Crippen LogP contribution is -1.93. The third kappa shape index (κ3) is 5.21. The third-order valence-electron chi connectivity index (χ3n) is 10.8. The molecule has 0 heteroatoms. The van der Waals surface area contributed by atoms with Crippen molar-refractivity contribution in [1.29, 1.82) is 0 Å². The molecule has 9 aromatic rings. The van der Waals surface area contributed by atoms with Crippen LogP contribution < -0.4 is 0 Å². The minimum atomic E-state index is -0.392. The average molecular weight is 660 g/mol. The molecular weight excluding hydrogens is 613 g/mol. The van der Waals surface area contributed by atoms with E-state index in [0.29, 0.717) is 11.5 Å². The Morgan fingerprint density at radius 1 is 0.471 bits per heavy atom. The van der Waals surface area contributed by atoms with E-state index in [2.05, 4.69) is 113 Å². The van der Waals surface area contributed by atoms with Gasteiger partial charge in [0.2, 0.25) is 0 Å². The molecule has 0 atom stereocenters. The van der Waals surface area contributed by atoms with E-state index in [1.807, 2.05) is 36.4 Å². The van der Waals surface area contributed by atoms with Gasteiger partial charge in [0, 0.05) is 0 Å². The average Bonchev–Trinajstić information content (AvgIpc) is 3.23. The summed E-state index contributed by atoms with van der Waals surface area (Å²) in [5.41, 5.74) is 9.34. The van der Waals surface area contributed by atoms with Gasteiger partial charge in [-0.15, -0.1) is 0 Å².